The Balaban J connectivity index is 1.32. The van der Waals surface area contributed by atoms with E-state index in [-0.39, 0.29) is 6.42 Å². The van der Waals surface area contributed by atoms with E-state index < -0.39 is 17.9 Å². The van der Waals surface area contributed by atoms with Crippen molar-refractivity contribution in [2.75, 3.05) is 6.61 Å². The minimum atomic E-state index is -1.35. The van der Waals surface area contributed by atoms with E-state index >= 15 is 0 Å². The second-order valence-corrected chi connectivity index (χ2v) is 8.63. The normalized spacial score (nSPS) is 11.1. The molecule has 1 heterocycles. The number of aliphatic carboxylic acids is 2. The molecule has 0 saturated heterocycles. The van der Waals surface area contributed by atoms with Gasteiger partial charge in [0.15, 0.2) is 5.92 Å². The Morgan fingerprint density at radius 2 is 1.57 bits per heavy atom. The predicted octanol–water partition coefficient (Wildman–Crippen LogP) is 6.54. The lowest BCUT2D eigenvalue weighted by molar-refractivity contribution is -0.154. The highest BCUT2D eigenvalue weighted by atomic mass is 35.5. The molecule has 0 saturated carbocycles. The smallest absolute Gasteiger partial charge is 0.317 e. The van der Waals surface area contributed by atoms with Crippen LogP contribution in [0.5, 0.6) is 5.75 Å². The van der Waals surface area contributed by atoms with Crippen molar-refractivity contribution in [2.45, 2.75) is 25.7 Å². The van der Waals surface area contributed by atoms with Gasteiger partial charge in [0.1, 0.15) is 17.7 Å². The molecule has 2 N–H and O–H groups in total. The average molecular weight is 494 g/mol. The van der Waals surface area contributed by atoms with Gasteiger partial charge >= 0.3 is 11.9 Å². The van der Waals surface area contributed by atoms with Crippen molar-refractivity contribution >= 4 is 34.3 Å². The summed E-state index contributed by atoms with van der Waals surface area (Å²) in [6, 6.07) is 19.2. The highest BCUT2D eigenvalue weighted by Gasteiger charge is 2.24. The van der Waals surface area contributed by atoms with Crippen molar-refractivity contribution in [3.8, 4) is 28.5 Å². The number of rotatable bonds is 11. The average Bonchev–Trinajstić information content (AvgIpc) is 3.33. The van der Waals surface area contributed by atoms with Crippen LogP contribution in [0, 0.1) is 5.92 Å². The number of halogens is 1. The van der Waals surface area contributed by atoms with Gasteiger partial charge in [0.2, 0.25) is 5.89 Å². The highest BCUT2D eigenvalue weighted by molar-refractivity contribution is 6.30. The van der Waals surface area contributed by atoms with Gasteiger partial charge in [-0.15, -0.1) is 0 Å². The van der Waals surface area contributed by atoms with E-state index in [1.54, 1.807) is 6.26 Å². The molecule has 0 unspecified atom stereocenters. The summed E-state index contributed by atoms with van der Waals surface area (Å²) < 4.78 is 11.5. The van der Waals surface area contributed by atoms with E-state index in [2.05, 4.69) is 4.98 Å². The predicted molar refractivity (Wildman–Crippen MR) is 133 cm³/mol. The fraction of sp³-hybridized carbons (Fsp3) is 0.222. The SMILES string of the molecule is O=C(O)C(CCCCCOc1ccc2cc(-c3nc(-c4ccc(Cl)cc4)co3)ccc2c1)C(=O)O. The molecule has 1 aromatic heterocycles. The lowest BCUT2D eigenvalue weighted by atomic mass is 10.0. The van der Waals surface area contributed by atoms with Crippen molar-refractivity contribution in [3.63, 3.8) is 0 Å². The Bertz CT molecular complexity index is 1320. The van der Waals surface area contributed by atoms with E-state index in [4.69, 9.17) is 31.0 Å². The van der Waals surface area contributed by atoms with Gasteiger partial charge < -0.3 is 19.4 Å². The molecule has 0 spiro atoms. The third-order valence-electron chi connectivity index (χ3n) is 5.70. The Labute approximate surface area is 206 Å². The van der Waals surface area contributed by atoms with Crippen molar-refractivity contribution in [1.29, 1.82) is 0 Å². The van der Waals surface area contributed by atoms with Crippen LogP contribution in [-0.4, -0.2) is 33.7 Å². The molecule has 180 valence electrons. The van der Waals surface area contributed by atoms with Crippen LogP contribution in [0.2, 0.25) is 5.02 Å². The first-order chi connectivity index (χ1) is 16.9. The zero-order valence-electron chi connectivity index (χ0n) is 18.8. The number of oxazole rings is 1. The standard InChI is InChI=1S/C27H24ClNO6/c28-21-10-7-17(8-11-21)24-16-35-25(29-24)20-6-5-19-15-22(12-9-18(19)14-20)34-13-3-1-2-4-23(26(30)31)27(32)33/h5-12,14-16,23H,1-4,13H2,(H,30,31)(H,32,33). The molecule has 0 aliphatic carbocycles. The molecular weight excluding hydrogens is 470 g/mol. The Kier molecular flexibility index (Phi) is 7.67. The van der Waals surface area contributed by atoms with E-state index in [9.17, 15) is 9.59 Å². The summed E-state index contributed by atoms with van der Waals surface area (Å²) in [6.45, 7) is 0.470. The molecule has 8 heteroatoms. The molecule has 0 aliphatic heterocycles. The largest absolute Gasteiger partial charge is 0.494 e. The third-order valence-corrected chi connectivity index (χ3v) is 5.96. The highest BCUT2D eigenvalue weighted by Crippen LogP contribution is 2.29. The summed E-state index contributed by atoms with van der Waals surface area (Å²) in [5.41, 5.74) is 2.53. The molecule has 35 heavy (non-hydrogen) atoms. The minimum absolute atomic E-state index is 0.120. The van der Waals surface area contributed by atoms with E-state index in [0.717, 1.165) is 33.3 Å². The van der Waals surface area contributed by atoms with Gasteiger partial charge in [0.25, 0.3) is 0 Å². The molecule has 0 fully saturated rings. The van der Waals surface area contributed by atoms with Gasteiger partial charge in [0, 0.05) is 16.1 Å². The first-order valence-electron chi connectivity index (χ1n) is 11.2. The van der Waals surface area contributed by atoms with Crippen LogP contribution in [-0.2, 0) is 9.59 Å². The van der Waals surface area contributed by atoms with Crippen molar-refractivity contribution < 1.29 is 29.0 Å². The van der Waals surface area contributed by atoms with Crippen LogP contribution in [0.1, 0.15) is 25.7 Å². The van der Waals surface area contributed by atoms with Crippen molar-refractivity contribution in [3.05, 3.63) is 71.9 Å². The lowest BCUT2D eigenvalue weighted by Gasteiger charge is -2.09. The molecule has 0 radical (unpaired) electrons. The van der Waals surface area contributed by atoms with Gasteiger partial charge in [-0.2, -0.15) is 0 Å². The number of fused-ring (bicyclic) bond motifs is 1. The number of nitrogens with zero attached hydrogens (tertiary/aromatic N) is 1. The van der Waals surface area contributed by atoms with Crippen LogP contribution in [0.15, 0.2) is 71.3 Å². The Morgan fingerprint density at radius 3 is 2.31 bits per heavy atom. The Hall–Kier alpha value is -3.84. The summed E-state index contributed by atoms with van der Waals surface area (Å²) in [6.07, 6.45) is 3.68. The number of carboxylic acid groups (broad SMARTS) is 2. The molecule has 4 aromatic rings. The number of unbranched alkanes of at least 4 members (excludes halogenated alkanes) is 2. The first kappa shape index (κ1) is 24.3. The molecule has 3 aromatic carbocycles. The number of carboxylic acids is 2. The lowest BCUT2D eigenvalue weighted by Crippen LogP contribution is -2.23. The molecular formula is C27H24ClNO6. The second-order valence-electron chi connectivity index (χ2n) is 8.20. The summed E-state index contributed by atoms with van der Waals surface area (Å²) >= 11 is 5.96. The zero-order valence-corrected chi connectivity index (χ0v) is 19.6. The second kappa shape index (κ2) is 11.1. The number of hydrogen-bond donors (Lipinski definition) is 2. The van der Waals surface area contributed by atoms with Gasteiger partial charge in [-0.25, -0.2) is 4.98 Å². The molecule has 4 rings (SSSR count). The van der Waals surface area contributed by atoms with Crippen LogP contribution < -0.4 is 4.74 Å². The Morgan fingerprint density at radius 1 is 0.886 bits per heavy atom. The van der Waals surface area contributed by atoms with Gasteiger partial charge in [-0.05, 0) is 60.0 Å². The number of carbonyl (C=O) groups is 2. The number of hydrogen-bond acceptors (Lipinski definition) is 5. The van der Waals surface area contributed by atoms with Crippen LogP contribution >= 0.6 is 11.6 Å². The molecule has 0 amide bonds. The maximum absolute atomic E-state index is 10.9. The number of aromatic nitrogens is 1. The molecule has 7 nitrogen and oxygen atoms in total. The quantitative estimate of drug-likeness (QED) is 0.180. The van der Waals surface area contributed by atoms with Crippen LogP contribution in [0.25, 0.3) is 33.5 Å². The van der Waals surface area contributed by atoms with E-state index in [1.165, 1.54) is 0 Å². The summed E-state index contributed by atoms with van der Waals surface area (Å²) in [5.74, 6) is -2.66. The monoisotopic (exact) mass is 493 g/mol. The van der Waals surface area contributed by atoms with Crippen LogP contribution in [0.3, 0.4) is 0 Å². The summed E-state index contributed by atoms with van der Waals surface area (Å²) in [7, 11) is 0. The van der Waals surface area contributed by atoms with E-state index in [1.807, 2.05) is 60.7 Å². The zero-order chi connectivity index (χ0) is 24.8. The van der Waals surface area contributed by atoms with Crippen molar-refractivity contribution in [2.24, 2.45) is 5.92 Å². The number of ether oxygens (including phenoxy) is 1. The fourth-order valence-electron chi connectivity index (χ4n) is 3.78. The van der Waals surface area contributed by atoms with E-state index in [0.29, 0.717) is 36.8 Å². The van der Waals surface area contributed by atoms with Crippen molar-refractivity contribution in [1.82, 2.24) is 4.98 Å². The maximum Gasteiger partial charge on any atom is 0.317 e. The molecule has 0 bridgehead atoms. The number of benzene rings is 3. The first-order valence-corrected chi connectivity index (χ1v) is 11.6. The van der Waals surface area contributed by atoms with Gasteiger partial charge in [-0.3, -0.25) is 9.59 Å². The fourth-order valence-corrected chi connectivity index (χ4v) is 3.90. The van der Waals surface area contributed by atoms with Gasteiger partial charge in [-0.1, -0.05) is 48.7 Å². The summed E-state index contributed by atoms with van der Waals surface area (Å²) in [4.78, 5) is 26.4. The maximum atomic E-state index is 10.9. The summed E-state index contributed by atoms with van der Waals surface area (Å²) in [5, 5.41) is 20.5. The molecule has 0 atom stereocenters. The van der Waals surface area contributed by atoms with Gasteiger partial charge in [0.05, 0.1) is 6.61 Å². The van der Waals surface area contributed by atoms with Crippen LogP contribution in [0.4, 0.5) is 0 Å². The third kappa shape index (κ3) is 6.19. The molecule has 0 aliphatic rings. The minimum Gasteiger partial charge on any atom is -0.494 e. The topological polar surface area (TPSA) is 110 Å².